The molecule has 0 aliphatic rings. The summed E-state index contributed by atoms with van der Waals surface area (Å²) in [5, 5.41) is 11.0. The smallest absolute Gasteiger partial charge is 0.387 e. The van der Waals surface area contributed by atoms with Crippen molar-refractivity contribution in [2.24, 2.45) is 0 Å². The Kier molecular flexibility index (Phi) is 7.92. The van der Waals surface area contributed by atoms with Crippen LogP contribution >= 0.6 is 0 Å². The summed E-state index contributed by atoms with van der Waals surface area (Å²) in [5.41, 5.74) is 2.08. The fraction of sp³-hybridized carbons (Fsp3) is 0.160. The topological polar surface area (TPSA) is 87.9 Å². The Morgan fingerprint density at radius 2 is 1.88 bits per heavy atom. The molecule has 3 rings (SSSR count). The van der Waals surface area contributed by atoms with Gasteiger partial charge in [-0.05, 0) is 55.0 Å². The van der Waals surface area contributed by atoms with Crippen LogP contribution in [0.4, 0.5) is 14.5 Å². The second-order valence-corrected chi connectivity index (χ2v) is 7.17. The van der Waals surface area contributed by atoms with Crippen molar-refractivity contribution in [2.45, 2.75) is 20.1 Å². The molecule has 0 spiro atoms. The number of ketones is 1. The van der Waals surface area contributed by atoms with Crippen molar-refractivity contribution in [3.8, 4) is 17.2 Å². The first-order valence-electron chi connectivity index (χ1n) is 10.1. The summed E-state index contributed by atoms with van der Waals surface area (Å²) < 4.78 is 40.3. The Labute approximate surface area is 194 Å². The average Bonchev–Trinajstić information content (AvgIpc) is 2.80. The lowest BCUT2D eigenvalue weighted by atomic mass is 10.1. The predicted molar refractivity (Wildman–Crippen MR) is 122 cm³/mol. The second kappa shape index (κ2) is 11.0. The highest BCUT2D eigenvalue weighted by molar-refractivity contribution is 6.07. The van der Waals surface area contributed by atoms with Crippen molar-refractivity contribution in [1.29, 1.82) is 0 Å². The molecule has 0 aliphatic heterocycles. The third-order valence-electron chi connectivity index (χ3n) is 4.83. The van der Waals surface area contributed by atoms with Crippen molar-refractivity contribution in [1.82, 2.24) is 0 Å². The van der Waals surface area contributed by atoms with Gasteiger partial charge in [0.25, 0.3) is 5.69 Å². The van der Waals surface area contributed by atoms with Gasteiger partial charge in [0.1, 0.15) is 23.9 Å². The average molecular weight is 469 g/mol. The molecule has 0 unspecified atom stereocenters. The van der Waals surface area contributed by atoms with Crippen LogP contribution in [-0.4, -0.2) is 24.4 Å². The second-order valence-electron chi connectivity index (χ2n) is 7.17. The maximum absolute atomic E-state index is 12.5. The molecule has 3 aromatic carbocycles. The summed E-state index contributed by atoms with van der Waals surface area (Å²) in [5.74, 6) is 0.556. The number of carbonyl (C=O) groups excluding carboxylic acids is 1. The summed E-state index contributed by atoms with van der Waals surface area (Å²) in [6.07, 6.45) is 2.91. The van der Waals surface area contributed by atoms with E-state index in [-0.39, 0.29) is 29.4 Å². The lowest BCUT2D eigenvalue weighted by molar-refractivity contribution is -0.385. The number of carbonyl (C=O) groups is 1. The van der Waals surface area contributed by atoms with Gasteiger partial charge in [0, 0.05) is 22.8 Å². The molecule has 9 heteroatoms. The Hall–Kier alpha value is -4.27. The van der Waals surface area contributed by atoms with E-state index < -0.39 is 11.5 Å². The van der Waals surface area contributed by atoms with E-state index >= 15 is 0 Å². The van der Waals surface area contributed by atoms with Gasteiger partial charge in [-0.2, -0.15) is 8.78 Å². The Bertz CT molecular complexity index is 1230. The van der Waals surface area contributed by atoms with Gasteiger partial charge in [-0.1, -0.05) is 24.3 Å². The molecule has 176 valence electrons. The number of aryl methyl sites for hydroxylation is 1. The molecule has 0 heterocycles. The first kappa shape index (κ1) is 24.4. The highest BCUT2D eigenvalue weighted by Crippen LogP contribution is 2.26. The molecule has 0 N–H and O–H groups in total. The van der Waals surface area contributed by atoms with E-state index in [0.29, 0.717) is 28.2 Å². The molecule has 34 heavy (non-hydrogen) atoms. The van der Waals surface area contributed by atoms with E-state index in [9.17, 15) is 23.7 Å². The highest BCUT2D eigenvalue weighted by atomic mass is 19.3. The molecule has 0 atom stereocenters. The zero-order chi connectivity index (χ0) is 24.7. The molecule has 3 aromatic rings. The molecule has 0 aromatic heterocycles. The van der Waals surface area contributed by atoms with Gasteiger partial charge >= 0.3 is 6.61 Å². The first-order valence-corrected chi connectivity index (χ1v) is 10.1. The van der Waals surface area contributed by atoms with Gasteiger partial charge in [-0.15, -0.1) is 0 Å². The Morgan fingerprint density at radius 1 is 1.09 bits per heavy atom. The molecule has 0 amide bonds. The number of alkyl halides is 2. The molecule has 0 aliphatic carbocycles. The summed E-state index contributed by atoms with van der Waals surface area (Å²) in [6, 6.07) is 15.3. The summed E-state index contributed by atoms with van der Waals surface area (Å²) in [7, 11) is 1.52. The Morgan fingerprint density at radius 3 is 2.56 bits per heavy atom. The van der Waals surface area contributed by atoms with Gasteiger partial charge in [-0.25, -0.2) is 0 Å². The van der Waals surface area contributed by atoms with Crippen molar-refractivity contribution < 1.29 is 32.7 Å². The zero-order valence-electron chi connectivity index (χ0n) is 18.4. The summed E-state index contributed by atoms with van der Waals surface area (Å²) in [6.45, 7) is -1.22. The number of benzene rings is 3. The number of nitrogens with zero attached hydrogens (tertiary/aromatic N) is 1. The van der Waals surface area contributed by atoms with E-state index in [0.717, 1.165) is 0 Å². The minimum atomic E-state index is -2.98. The van der Waals surface area contributed by atoms with Crippen molar-refractivity contribution >= 4 is 17.5 Å². The van der Waals surface area contributed by atoms with E-state index in [1.165, 1.54) is 49.6 Å². The normalized spacial score (nSPS) is 11.0. The third kappa shape index (κ3) is 6.38. The molecule has 0 saturated heterocycles. The lowest BCUT2D eigenvalue weighted by Gasteiger charge is -2.12. The number of allylic oxidation sites excluding steroid dienone is 1. The number of hydrogen-bond acceptors (Lipinski definition) is 6. The SMILES string of the molecule is COc1ccc(/C=C/C(=O)c2cccc(OC(F)F)c2)cc1COc1ccc([N+](=O)[O-])c(C)c1. The van der Waals surface area contributed by atoms with Crippen LogP contribution in [0.5, 0.6) is 17.2 Å². The fourth-order valence-electron chi connectivity index (χ4n) is 3.19. The van der Waals surface area contributed by atoms with Crippen LogP contribution in [0.1, 0.15) is 27.0 Å². The molecule has 0 saturated carbocycles. The predicted octanol–water partition coefficient (Wildman–Crippen LogP) is 5.99. The third-order valence-corrected chi connectivity index (χ3v) is 4.83. The quantitative estimate of drug-likeness (QED) is 0.157. The van der Waals surface area contributed by atoms with Crippen LogP contribution in [0, 0.1) is 17.0 Å². The van der Waals surface area contributed by atoms with Crippen LogP contribution in [0.25, 0.3) is 6.08 Å². The number of rotatable bonds is 10. The molecule has 0 fully saturated rings. The molecule has 0 radical (unpaired) electrons. The number of methoxy groups -OCH3 is 1. The monoisotopic (exact) mass is 469 g/mol. The van der Waals surface area contributed by atoms with Gasteiger partial charge < -0.3 is 14.2 Å². The zero-order valence-corrected chi connectivity index (χ0v) is 18.4. The van der Waals surface area contributed by atoms with Crippen LogP contribution in [0.15, 0.2) is 66.7 Å². The maximum atomic E-state index is 12.5. The molecular formula is C25H21F2NO6. The number of hydrogen-bond donors (Lipinski definition) is 0. The van der Waals surface area contributed by atoms with Crippen molar-refractivity contribution in [2.75, 3.05) is 7.11 Å². The van der Waals surface area contributed by atoms with Crippen LogP contribution in [-0.2, 0) is 6.61 Å². The van der Waals surface area contributed by atoms with Crippen LogP contribution in [0.3, 0.4) is 0 Å². The van der Waals surface area contributed by atoms with E-state index in [2.05, 4.69) is 4.74 Å². The number of nitro benzene ring substituents is 1. The van der Waals surface area contributed by atoms with Crippen LogP contribution < -0.4 is 14.2 Å². The highest BCUT2D eigenvalue weighted by Gasteiger charge is 2.12. The fourth-order valence-corrected chi connectivity index (χ4v) is 3.19. The minimum absolute atomic E-state index is 0.00744. The van der Waals surface area contributed by atoms with E-state index in [1.807, 2.05) is 0 Å². The van der Waals surface area contributed by atoms with E-state index in [1.54, 1.807) is 37.3 Å². The van der Waals surface area contributed by atoms with Gasteiger partial charge in [0.15, 0.2) is 5.78 Å². The molecule has 7 nitrogen and oxygen atoms in total. The van der Waals surface area contributed by atoms with Gasteiger partial charge in [-0.3, -0.25) is 14.9 Å². The Balaban J connectivity index is 1.73. The summed E-state index contributed by atoms with van der Waals surface area (Å²) in [4.78, 5) is 23.0. The van der Waals surface area contributed by atoms with Gasteiger partial charge in [0.05, 0.1) is 12.0 Å². The van der Waals surface area contributed by atoms with Crippen LogP contribution in [0.2, 0.25) is 0 Å². The first-order chi connectivity index (χ1) is 16.3. The number of nitro groups is 1. The number of halogens is 2. The van der Waals surface area contributed by atoms with Gasteiger partial charge in [0.2, 0.25) is 0 Å². The molecule has 0 bridgehead atoms. The standard InChI is InChI=1S/C25H21F2NO6/c1-16-12-20(8-9-22(16)28(30)31)33-15-19-13-17(7-11-24(19)32-2)6-10-23(29)18-4-3-5-21(14-18)34-25(26)27/h3-14,25H,15H2,1-2H3/b10-6+. The summed E-state index contributed by atoms with van der Waals surface area (Å²) >= 11 is 0. The molecular weight excluding hydrogens is 448 g/mol. The van der Waals surface area contributed by atoms with Crippen molar-refractivity contribution in [3.05, 3.63) is 99.1 Å². The maximum Gasteiger partial charge on any atom is 0.387 e. The number of ether oxygens (including phenoxy) is 3. The minimum Gasteiger partial charge on any atom is -0.496 e. The largest absolute Gasteiger partial charge is 0.496 e. The van der Waals surface area contributed by atoms with Crippen molar-refractivity contribution in [3.63, 3.8) is 0 Å². The van der Waals surface area contributed by atoms with E-state index in [4.69, 9.17) is 9.47 Å². The lowest BCUT2D eigenvalue weighted by Crippen LogP contribution is -2.03.